The van der Waals surface area contributed by atoms with E-state index >= 15 is 0 Å². The highest BCUT2D eigenvalue weighted by molar-refractivity contribution is 5.70. The van der Waals surface area contributed by atoms with Gasteiger partial charge in [0.05, 0.1) is 0 Å². The summed E-state index contributed by atoms with van der Waals surface area (Å²) in [6.07, 6.45) is 9.38. The van der Waals surface area contributed by atoms with Crippen molar-refractivity contribution in [3.05, 3.63) is 83.9 Å². The van der Waals surface area contributed by atoms with Crippen LogP contribution in [-0.4, -0.2) is 0 Å². The molecule has 27 heavy (non-hydrogen) atoms. The molecule has 0 spiro atoms. The van der Waals surface area contributed by atoms with Crippen molar-refractivity contribution < 1.29 is 0 Å². The monoisotopic (exact) mass is 356 g/mol. The van der Waals surface area contributed by atoms with Crippen LogP contribution in [0.2, 0.25) is 0 Å². The number of benzene rings is 3. The summed E-state index contributed by atoms with van der Waals surface area (Å²) < 4.78 is 0. The SMILES string of the molecule is CCCCCCCCc1ccc(-c2ccc(-c3ccc(C)cc3)cc2)cc1. The molecule has 3 aromatic carbocycles. The van der Waals surface area contributed by atoms with E-state index < -0.39 is 0 Å². The van der Waals surface area contributed by atoms with Gasteiger partial charge in [0.15, 0.2) is 0 Å². The van der Waals surface area contributed by atoms with Crippen LogP contribution >= 0.6 is 0 Å². The molecule has 0 nitrogen and oxygen atoms in total. The summed E-state index contributed by atoms with van der Waals surface area (Å²) in [6.45, 7) is 4.40. The maximum atomic E-state index is 2.30. The van der Waals surface area contributed by atoms with Crippen LogP contribution in [0.5, 0.6) is 0 Å². The second-order valence-electron chi connectivity index (χ2n) is 7.66. The normalized spacial score (nSPS) is 10.9. The zero-order valence-corrected chi connectivity index (χ0v) is 16.9. The molecule has 0 saturated heterocycles. The summed E-state index contributed by atoms with van der Waals surface area (Å²) >= 11 is 0. The molecule has 0 unspecified atom stereocenters. The Hall–Kier alpha value is -2.34. The highest BCUT2D eigenvalue weighted by Gasteiger charge is 2.01. The molecule has 0 bridgehead atoms. The summed E-state index contributed by atoms with van der Waals surface area (Å²) in [5, 5.41) is 0. The van der Waals surface area contributed by atoms with E-state index in [0.717, 1.165) is 0 Å². The van der Waals surface area contributed by atoms with Crippen LogP contribution in [-0.2, 0) is 6.42 Å². The minimum atomic E-state index is 1.21. The molecule has 0 amide bonds. The zero-order valence-electron chi connectivity index (χ0n) is 16.9. The second kappa shape index (κ2) is 10.1. The average molecular weight is 357 g/mol. The molecule has 0 saturated carbocycles. The van der Waals surface area contributed by atoms with Gasteiger partial charge in [-0.15, -0.1) is 0 Å². The average Bonchev–Trinajstić information content (AvgIpc) is 2.72. The Morgan fingerprint density at radius 1 is 0.481 bits per heavy atom. The lowest BCUT2D eigenvalue weighted by atomic mass is 9.98. The summed E-state index contributed by atoms with van der Waals surface area (Å²) in [6, 6.07) is 26.8. The van der Waals surface area contributed by atoms with Crippen LogP contribution in [0.3, 0.4) is 0 Å². The Bertz CT molecular complexity index is 792. The molecule has 140 valence electrons. The minimum absolute atomic E-state index is 1.21. The third-order valence-electron chi connectivity index (χ3n) is 5.38. The van der Waals surface area contributed by atoms with Gasteiger partial charge in [-0.3, -0.25) is 0 Å². The number of hydrogen-bond donors (Lipinski definition) is 0. The maximum Gasteiger partial charge on any atom is -0.0184 e. The van der Waals surface area contributed by atoms with E-state index in [1.54, 1.807) is 0 Å². The van der Waals surface area contributed by atoms with E-state index in [1.165, 1.54) is 78.3 Å². The first-order valence-corrected chi connectivity index (χ1v) is 10.5. The van der Waals surface area contributed by atoms with Crippen LogP contribution in [0.15, 0.2) is 72.8 Å². The van der Waals surface area contributed by atoms with Crippen molar-refractivity contribution in [3.63, 3.8) is 0 Å². The largest absolute Gasteiger partial charge is 0.0654 e. The lowest BCUT2D eigenvalue weighted by molar-refractivity contribution is 0.607. The summed E-state index contributed by atoms with van der Waals surface area (Å²) in [5.41, 5.74) is 7.91. The molecular formula is C27H32. The first kappa shape index (κ1) is 19.4. The summed E-state index contributed by atoms with van der Waals surface area (Å²) in [4.78, 5) is 0. The van der Waals surface area contributed by atoms with Gasteiger partial charge >= 0.3 is 0 Å². The lowest BCUT2D eigenvalue weighted by Crippen LogP contribution is -1.87. The standard InChI is InChI=1S/C27H32/c1-3-4-5-6-7-8-9-23-12-16-25(17-13-23)27-20-18-26(19-21-27)24-14-10-22(2)11-15-24/h10-21H,3-9H2,1-2H3. The number of hydrogen-bond acceptors (Lipinski definition) is 0. The molecule has 3 aromatic rings. The highest BCUT2D eigenvalue weighted by Crippen LogP contribution is 2.25. The van der Waals surface area contributed by atoms with Gasteiger partial charge < -0.3 is 0 Å². The van der Waals surface area contributed by atoms with Gasteiger partial charge in [-0.2, -0.15) is 0 Å². The summed E-state index contributed by atoms with van der Waals surface area (Å²) in [7, 11) is 0. The van der Waals surface area contributed by atoms with Gasteiger partial charge in [-0.1, -0.05) is 117 Å². The Morgan fingerprint density at radius 2 is 0.889 bits per heavy atom. The van der Waals surface area contributed by atoms with Crippen molar-refractivity contribution in [2.45, 2.75) is 58.8 Å². The lowest BCUT2D eigenvalue weighted by Gasteiger charge is -2.07. The van der Waals surface area contributed by atoms with Gasteiger partial charge in [0.2, 0.25) is 0 Å². The molecule has 0 aliphatic carbocycles. The predicted octanol–water partition coefficient (Wildman–Crippen LogP) is 8.23. The fraction of sp³-hybridized carbons (Fsp3) is 0.333. The minimum Gasteiger partial charge on any atom is -0.0654 e. The third-order valence-corrected chi connectivity index (χ3v) is 5.38. The van der Waals surface area contributed by atoms with E-state index in [2.05, 4.69) is 86.6 Å². The highest BCUT2D eigenvalue weighted by atomic mass is 14.1. The molecular weight excluding hydrogens is 324 g/mol. The Morgan fingerprint density at radius 3 is 1.41 bits per heavy atom. The third kappa shape index (κ3) is 5.82. The van der Waals surface area contributed by atoms with E-state index in [1.807, 2.05) is 0 Å². The predicted molar refractivity (Wildman–Crippen MR) is 119 cm³/mol. The fourth-order valence-corrected chi connectivity index (χ4v) is 3.57. The number of rotatable bonds is 9. The molecule has 0 atom stereocenters. The van der Waals surface area contributed by atoms with Crippen LogP contribution in [0.25, 0.3) is 22.3 Å². The number of unbranched alkanes of at least 4 members (excludes halogenated alkanes) is 5. The van der Waals surface area contributed by atoms with Gasteiger partial charge in [0.25, 0.3) is 0 Å². The van der Waals surface area contributed by atoms with Crippen LogP contribution < -0.4 is 0 Å². The molecule has 0 aromatic heterocycles. The first-order chi connectivity index (χ1) is 13.3. The molecule has 0 fully saturated rings. The van der Waals surface area contributed by atoms with E-state index in [0.29, 0.717) is 0 Å². The van der Waals surface area contributed by atoms with E-state index in [9.17, 15) is 0 Å². The van der Waals surface area contributed by atoms with Gasteiger partial charge in [0.1, 0.15) is 0 Å². The van der Waals surface area contributed by atoms with Crippen LogP contribution in [0.1, 0.15) is 56.6 Å². The quantitative estimate of drug-likeness (QED) is 0.339. The summed E-state index contributed by atoms with van der Waals surface area (Å²) in [5.74, 6) is 0. The zero-order chi connectivity index (χ0) is 18.9. The van der Waals surface area contributed by atoms with Crippen molar-refractivity contribution >= 4 is 0 Å². The fourth-order valence-electron chi connectivity index (χ4n) is 3.57. The van der Waals surface area contributed by atoms with Crippen molar-refractivity contribution in [3.8, 4) is 22.3 Å². The van der Waals surface area contributed by atoms with E-state index in [4.69, 9.17) is 0 Å². The second-order valence-corrected chi connectivity index (χ2v) is 7.66. The van der Waals surface area contributed by atoms with Crippen LogP contribution in [0.4, 0.5) is 0 Å². The van der Waals surface area contributed by atoms with Crippen molar-refractivity contribution in [2.24, 2.45) is 0 Å². The number of aryl methyl sites for hydroxylation is 2. The van der Waals surface area contributed by atoms with Gasteiger partial charge in [0, 0.05) is 0 Å². The van der Waals surface area contributed by atoms with Crippen molar-refractivity contribution in [1.29, 1.82) is 0 Å². The molecule has 0 aliphatic heterocycles. The Labute approximate surface area is 165 Å². The van der Waals surface area contributed by atoms with Crippen LogP contribution in [0, 0.1) is 6.92 Å². The van der Waals surface area contributed by atoms with E-state index in [-0.39, 0.29) is 0 Å². The van der Waals surface area contributed by atoms with Gasteiger partial charge in [-0.25, -0.2) is 0 Å². The molecule has 0 heterocycles. The molecule has 0 heteroatoms. The van der Waals surface area contributed by atoms with Crippen molar-refractivity contribution in [2.75, 3.05) is 0 Å². The topological polar surface area (TPSA) is 0 Å². The van der Waals surface area contributed by atoms with Gasteiger partial charge in [-0.05, 0) is 47.6 Å². The molecule has 0 aliphatic rings. The molecule has 0 N–H and O–H groups in total. The molecule has 0 radical (unpaired) electrons. The Kier molecular flexibility index (Phi) is 7.27. The molecule has 3 rings (SSSR count). The Balaban J connectivity index is 1.56. The first-order valence-electron chi connectivity index (χ1n) is 10.5. The maximum absolute atomic E-state index is 2.30. The van der Waals surface area contributed by atoms with Crippen molar-refractivity contribution in [1.82, 2.24) is 0 Å². The smallest absolute Gasteiger partial charge is 0.0184 e.